The van der Waals surface area contributed by atoms with Gasteiger partial charge in [-0.1, -0.05) is 18.2 Å². The molecule has 1 aliphatic rings. The Kier molecular flexibility index (Phi) is 6.68. The maximum atomic E-state index is 11.9. The molecule has 4 atom stereocenters. The summed E-state index contributed by atoms with van der Waals surface area (Å²) in [6.45, 7) is 3.50. The lowest BCUT2D eigenvalue weighted by Gasteiger charge is -2.23. The average Bonchev–Trinajstić information content (AvgIpc) is 3.35. The summed E-state index contributed by atoms with van der Waals surface area (Å²) >= 11 is 0. The Morgan fingerprint density at radius 1 is 0.971 bits per heavy atom. The van der Waals surface area contributed by atoms with Crippen molar-refractivity contribution in [1.29, 1.82) is 0 Å². The highest BCUT2D eigenvalue weighted by Gasteiger charge is 2.51. The minimum atomic E-state index is -1.04. The van der Waals surface area contributed by atoms with Crippen LogP contribution in [0, 0.1) is 0 Å². The number of ether oxygens (including phenoxy) is 4. The molecule has 2 aromatic heterocycles. The van der Waals surface area contributed by atoms with Gasteiger partial charge in [0.25, 0.3) is 0 Å². The van der Waals surface area contributed by atoms with Crippen molar-refractivity contribution in [2.45, 2.75) is 45.3 Å². The first kappa shape index (κ1) is 23.1. The molecule has 34 heavy (non-hydrogen) atoms. The Hall–Kier alpha value is -4.06. The predicted molar refractivity (Wildman–Crippen MR) is 117 cm³/mol. The minimum Gasteiger partial charge on any atom is -0.463 e. The quantitative estimate of drug-likeness (QED) is 0.400. The van der Waals surface area contributed by atoms with E-state index in [-0.39, 0.29) is 6.61 Å². The van der Waals surface area contributed by atoms with Gasteiger partial charge in [-0.25, -0.2) is 15.0 Å². The normalized spacial score (nSPS) is 21.7. The molecule has 1 aromatic carbocycles. The van der Waals surface area contributed by atoms with Crippen LogP contribution in [0.4, 0.5) is 11.5 Å². The molecule has 0 aliphatic carbocycles. The van der Waals surface area contributed by atoms with Crippen LogP contribution in [-0.2, 0) is 33.3 Å². The maximum Gasteiger partial charge on any atom is 0.303 e. The largest absolute Gasteiger partial charge is 0.463 e. The highest BCUT2D eigenvalue weighted by molar-refractivity contribution is 5.85. The van der Waals surface area contributed by atoms with Gasteiger partial charge in [0.2, 0.25) is 0 Å². The fourth-order valence-electron chi connectivity index (χ4n) is 3.70. The number of aromatic nitrogens is 4. The number of carbonyl (C=O) groups is 3. The van der Waals surface area contributed by atoms with Gasteiger partial charge in [0, 0.05) is 26.5 Å². The number of rotatable bonds is 7. The van der Waals surface area contributed by atoms with Crippen LogP contribution in [-0.4, -0.2) is 62.3 Å². The van der Waals surface area contributed by atoms with Gasteiger partial charge in [0.05, 0.1) is 6.33 Å². The van der Waals surface area contributed by atoms with Crippen LogP contribution in [0.3, 0.4) is 0 Å². The van der Waals surface area contributed by atoms with Crippen molar-refractivity contribution < 1.29 is 33.3 Å². The van der Waals surface area contributed by atoms with E-state index >= 15 is 0 Å². The van der Waals surface area contributed by atoms with Gasteiger partial charge in [-0.3, -0.25) is 19.0 Å². The van der Waals surface area contributed by atoms with Crippen molar-refractivity contribution in [2.75, 3.05) is 11.9 Å². The van der Waals surface area contributed by atoms with E-state index in [1.165, 1.54) is 33.4 Å². The first-order chi connectivity index (χ1) is 16.3. The van der Waals surface area contributed by atoms with Crippen LogP contribution in [0.25, 0.3) is 11.2 Å². The summed E-state index contributed by atoms with van der Waals surface area (Å²) < 4.78 is 23.6. The number of esters is 3. The molecule has 12 heteroatoms. The van der Waals surface area contributed by atoms with Crippen LogP contribution in [0.1, 0.15) is 27.0 Å². The van der Waals surface area contributed by atoms with Crippen LogP contribution in [0.5, 0.6) is 0 Å². The van der Waals surface area contributed by atoms with E-state index < -0.39 is 42.4 Å². The molecular weight excluding hydrogens is 446 g/mol. The number of hydrogen-bond acceptors (Lipinski definition) is 11. The van der Waals surface area contributed by atoms with Crippen LogP contribution >= 0.6 is 0 Å². The fourth-order valence-corrected chi connectivity index (χ4v) is 3.70. The third kappa shape index (κ3) is 4.96. The summed E-state index contributed by atoms with van der Waals surface area (Å²) in [5, 5.41) is 3.19. The number of nitrogens with one attached hydrogen (secondary N) is 1. The van der Waals surface area contributed by atoms with E-state index in [2.05, 4.69) is 20.3 Å². The predicted octanol–water partition coefficient (Wildman–Crippen LogP) is 1.89. The number of carbonyl (C=O) groups excluding carboxylic acids is 3. The monoisotopic (exact) mass is 469 g/mol. The van der Waals surface area contributed by atoms with Gasteiger partial charge in [0.15, 0.2) is 35.4 Å². The first-order valence-electron chi connectivity index (χ1n) is 10.5. The Morgan fingerprint density at radius 3 is 2.35 bits per heavy atom. The molecule has 3 aromatic rings. The van der Waals surface area contributed by atoms with Crippen molar-refractivity contribution in [3.8, 4) is 0 Å². The number of imidazole rings is 1. The van der Waals surface area contributed by atoms with Crippen molar-refractivity contribution in [3.05, 3.63) is 43.0 Å². The summed E-state index contributed by atoms with van der Waals surface area (Å²) in [6, 6.07) is 9.42. The SMILES string of the molecule is CC(=O)OC[C@H]1O[C@@H](n2cnc3c(Nc4ccccc4)ncnc32)[C@H](OC(C)=O)[C@@H]1OC(C)=O. The molecule has 4 rings (SSSR count). The molecule has 178 valence electrons. The molecule has 0 spiro atoms. The zero-order valence-corrected chi connectivity index (χ0v) is 18.7. The van der Waals surface area contributed by atoms with E-state index in [9.17, 15) is 14.4 Å². The van der Waals surface area contributed by atoms with E-state index in [0.717, 1.165) is 5.69 Å². The Morgan fingerprint density at radius 2 is 1.68 bits per heavy atom. The average molecular weight is 469 g/mol. The van der Waals surface area contributed by atoms with Crippen molar-refractivity contribution in [1.82, 2.24) is 19.5 Å². The zero-order chi connectivity index (χ0) is 24.2. The third-order valence-electron chi connectivity index (χ3n) is 5.01. The third-order valence-corrected chi connectivity index (χ3v) is 5.01. The number of benzene rings is 1. The smallest absolute Gasteiger partial charge is 0.303 e. The van der Waals surface area contributed by atoms with Crippen LogP contribution < -0.4 is 5.32 Å². The minimum absolute atomic E-state index is 0.204. The van der Waals surface area contributed by atoms with Gasteiger partial charge >= 0.3 is 17.9 Å². The number of nitrogens with zero attached hydrogens (tertiary/aromatic N) is 4. The van der Waals surface area contributed by atoms with E-state index in [1.807, 2.05) is 30.3 Å². The first-order valence-corrected chi connectivity index (χ1v) is 10.5. The second kappa shape index (κ2) is 9.83. The van der Waals surface area contributed by atoms with Crippen molar-refractivity contribution in [2.24, 2.45) is 0 Å². The molecule has 12 nitrogen and oxygen atoms in total. The van der Waals surface area contributed by atoms with E-state index in [4.69, 9.17) is 18.9 Å². The number of hydrogen-bond donors (Lipinski definition) is 1. The Bertz CT molecular complexity index is 1200. The Labute approximate surface area is 194 Å². The molecule has 3 heterocycles. The topological polar surface area (TPSA) is 144 Å². The van der Waals surface area contributed by atoms with E-state index in [1.54, 1.807) is 4.57 Å². The molecule has 0 saturated carbocycles. The molecule has 1 N–H and O–H groups in total. The van der Waals surface area contributed by atoms with Gasteiger partial charge in [-0.05, 0) is 12.1 Å². The lowest BCUT2D eigenvalue weighted by Crippen LogP contribution is -2.40. The molecular formula is C22H23N5O7. The summed E-state index contributed by atoms with van der Waals surface area (Å²) in [7, 11) is 0. The van der Waals surface area contributed by atoms with Gasteiger partial charge < -0.3 is 24.3 Å². The standard InChI is InChI=1S/C22H23N5O7/c1-12(28)31-9-16-18(32-13(2)29)19(33-14(3)30)22(34-16)27-11-25-17-20(23-10-24-21(17)27)26-15-7-5-4-6-8-15/h4-8,10-11,16,18-19,22H,9H2,1-3H3,(H,23,24,26)/t16-,18-,19-,22-/m1/s1. The molecule has 1 aliphatic heterocycles. The number of para-hydroxylation sites is 1. The van der Waals surface area contributed by atoms with Gasteiger partial charge in [-0.2, -0.15) is 0 Å². The summed E-state index contributed by atoms with van der Waals surface area (Å²) in [5.41, 5.74) is 1.65. The second-order valence-electron chi connectivity index (χ2n) is 7.55. The van der Waals surface area contributed by atoms with Crippen molar-refractivity contribution in [3.63, 3.8) is 0 Å². The molecule has 1 fully saturated rings. The number of anilines is 2. The number of fused-ring (bicyclic) bond motifs is 1. The lowest BCUT2D eigenvalue weighted by molar-refractivity contribution is -0.166. The Balaban J connectivity index is 1.71. The summed E-state index contributed by atoms with van der Waals surface area (Å²) in [6.07, 6.45) is -1.08. The summed E-state index contributed by atoms with van der Waals surface area (Å²) in [5.74, 6) is -1.28. The zero-order valence-electron chi connectivity index (χ0n) is 18.7. The van der Waals surface area contributed by atoms with Gasteiger partial charge in [0.1, 0.15) is 19.0 Å². The van der Waals surface area contributed by atoms with E-state index in [0.29, 0.717) is 17.0 Å². The fraction of sp³-hybridized carbons (Fsp3) is 0.364. The lowest BCUT2D eigenvalue weighted by atomic mass is 10.1. The molecule has 0 bridgehead atoms. The van der Waals surface area contributed by atoms with Crippen LogP contribution in [0.15, 0.2) is 43.0 Å². The molecule has 0 unspecified atom stereocenters. The maximum absolute atomic E-state index is 11.9. The summed E-state index contributed by atoms with van der Waals surface area (Å²) in [4.78, 5) is 48.0. The van der Waals surface area contributed by atoms with Crippen LogP contribution in [0.2, 0.25) is 0 Å². The van der Waals surface area contributed by atoms with Gasteiger partial charge in [-0.15, -0.1) is 0 Å². The molecule has 0 amide bonds. The van der Waals surface area contributed by atoms with Crippen molar-refractivity contribution >= 4 is 40.6 Å². The molecule has 1 saturated heterocycles. The highest BCUT2D eigenvalue weighted by atomic mass is 16.7. The second-order valence-corrected chi connectivity index (χ2v) is 7.55. The highest BCUT2D eigenvalue weighted by Crippen LogP contribution is 2.36. The molecule has 0 radical (unpaired) electrons.